The van der Waals surface area contributed by atoms with E-state index in [9.17, 15) is 9.59 Å². The third-order valence-electron chi connectivity index (χ3n) is 1.52. The Morgan fingerprint density at radius 3 is 1.86 bits per heavy atom. The topological polar surface area (TPSA) is 60.2 Å². The Bertz CT molecular complexity index is 394. The highest BCUT2D eigenvalue weighted by molar-refractivity contribution is 6.70. The first kappa shape index (κ1) is 11.3. The van der Waals surface area contributed by atoms with Gasteiger partial charge in [0, 0.05) is 5.56 Å². The fourth-order valence-corrected chi connectivity index (χ4v) is 1.86. The summed E-state index contributed by atoms with van der Waals surface area (Å²) in [5, 5.41) is -0.770. The average molecular weight is 252 g/mol. The maximum atomic E-state index is 10.8. The van der Waals surface area contributed by atoms with Crippen molar-refractivity contribution in [1.29, 1.82) is 0 Å². The van der Waals surface area contributed by atoms with Crippen LogP contribution in [0.15, 0.2) is 12.1 Å². The zero-order valence-electron chi connectivity index (χ0n) is 6.68. The molecule has 2 N–H and O–H groups in total. The summed E-state index contributed by atoms with van der Waals surface area (Å²) in [4.78, 5) is 21.6. The number of primary amides is 1. The molecule has 0 aliphatic heterocycles. The van der Waals surface area contributed by atoms with Crippen LogP contribution >= 0.6 is 34.8 Å². The van der Waals surface area contributed by atoms with E-state index in [1.165, 1.54) is 12.1 Å². The number of benzene rings is 1. The molecule has 14 heavy (non-hydrogen) atoms. The molecule has 0 spiro atoms. The van der Waals surface area contributed by atoms with Gasteiger partial charge >= 0.3 is 0 Å². The molecule has 0 saturated heterocycles. The van der Waals surface area contributed by atoms with Gasteiger partial charge in [-0.2, -0.15) is 0 Å². The number of amides is 1. The van der Waals surface area contributed by atoms with Gasteiger partial charge in [-0.1, -0.05) is 23.2 Å². The molecule has 0 fully saturated rings. The summed E-state index contributed by atoms with van der Waals surface area (Å²) < 4.78 is 0. The lowest BCUT2D eigenvalue weighted by molar-refractivity contribution is 0.0998. The van der Waals surface area contributed by atoms with Crippen LogP contribution in [0.1, 0.15) is 20.7 Å². The molecule has 1 amide bonds. The minimum atomic E-state index is -0.781. The lowest BCUT2D eigenvalue weighted by Crippen LogP contribution is -2.11. The lowest BCUT2D eigenvalue weighted by Gasteiger charge is -2.03. The van der Waals surface area contributed by atoms with E-state index < -0.39 is 11.1 Å². The van der Waals surface area contributed by atoms with Gasteiger partial charge in [-0.05, 0) is 23.7 Å². The number of hydrogen-bond acceptors (Lipinski definition) is 2. The molecule has 0 aliphatic carbocycles. The van der Waals surface area contributed by atoms with Crippen molar-refractivity contribution in [1.82, 2.24) is 0 Å². The Labute approximate surface area is 94.7 Å². The van der Waals surface area contributed by atoms with Crippen LogP contribution in [0.2, 0.25) is 10.0 Å². The zero-order valence-corrected chi connectivity index (χ0v) is 8.95. The molecule has 6 heteroatoms. The molecule has 1 aromatic rings. The van der Waals surface area contributed by atoms with Crippen LogP contribution in [-0.2, 0) is 0 Å². The second-order valence-corrected chi connectivity index (χ2v) is 3.61. The van der Waals surface area contributed by atoms with Gasteiger partial charge in [-0.25, -0.2) is 0 Å². The highest BCUT2D eigenvalue weighted by atomic mass is 35.5. The fourth-order valence-electron chi connectivity index (χ4n) is 0.903. The Balaban J connectivity index is 3.39. The predicted molar refractivity (Wildman–Crippen MR) is 55.2 cm³/mol. The van der Waals surface area contributed by atoms with Gasteiger partial charge in [0.1, 0.15) is 0 Å². The molecule has 0 saturated carbocycles. The molecular weight excluding hydrogens is 248 g/mol. The summed E-state index contributed by atoms with van der Waals surface area (Å²) in [6.45, 7) is 0. The van der Waals surface area contributed by atoms with Crippen molar-refractivity contribution in [3.8, 4) is 0 Å². The molecule has 0 radical (unpaired) electrons. The van der Waals surface area contributed by atoms with Gasteiger partial charge in [0.05, 0.1) is 15.6 Å². The normalized spacial score (nSPS) is 9.93. The van der Waals surface area contributed by atoms with E-state index in [2.05, 4.69) is 0 Å². The van der Waals surface area contributed by atoms with Crippen molar-refractivity contribution in [2.75, 3.05) is 0 Å². The van der Waals surface area contributed by atoms with Crippen molar-refractivity contribution < 1.29 is 9.59 Å². The van der Waals surface area contributed by atoms with Crippen molar-refractivity contribution in [3.63, 3.8) is 0 Å². The molecule has 0 bridgehead atoms. The quantitative estimate of drug-likeness (QED) is 0.822. The van der Waals surface area contributed by atoms with E-state index >= 15 is 0 Å². The maximum absolute atomic E-state index is 10.8. The van der Waals surface area contributed by atoms with Crippen molar-refractivity contribution >= 4 is 46.0 Å². The van der Waals surface area contributed by atoms with Gasteiger partial charge in [0.25, 0.3) is 5.24 Å². The van der Waals surface area contributed by atoms with Crippen LogP contribution in [0.3, 0.4) is 0 Å². The molecule has 74 valence electrons. The SMILES string of the molecule is NC(=O)c1cc(Cl)c(C(=O)Cl)c(Cl)c1. The van der Waals surface area contributed by atoms with Crippen molar-refractivity contribution in [3.05, 3.63) is 33.3 Å². The number of carbonyl (C=O) groups excluding carboxylic acids is 2. The largest absolute Gasteiger partial charge is 0.366 e. The van der Waals surface area contributed by atoms with Gasteiger partial charge in [-0.3, -0.25) is 9.59 Å². The minimum Gasteiger partial charge on any atom is -0.366 e. The first-order valence-corrected chi connectivity index (χ1v) is 4.55. The summed E-state index contributed by atoms with van der Waals surface area (Å²) in [6, 6.07) is 2.48. The molecule has 3 nitrogen and oxygen atoms in total. The van der Waals surface area contributed by atoms with Crippen LogP contribution in [0, 0.1) is 0 Å². The molecule has 0 heterocycles. The highest BCUT2D eigenvalue weighted by Crippen LogP contribution is 2.27. The Morgan fingerprint density at radius 2 is 1.57 bits per heavy atom. The second kappa shape index (κ2) is 4.17. The van der Waals surface area contributed by atoms with Crippen molar-refractivity contribution in [2.45, 2.75) is 0 Å². The summed E-state index contributed by atoms with van der Waals surface area (Å²) in [5.41, 5.74) is 5.10. The number of halogens is 3. The minimum absolute atomic E-state index is 0.00583. The summed E-state index contributed by atoms with van der Waals surface area (Å²) >= 11 is 16.6. The number of hydrogen-bond donors (Lipinski definition) is 1. The Morgan fingerprint density at radius 1 is 1.14 bits per heavy atom. The third-order valence-corrected chi connectivity index (χ3v) is 2.31. The number of nitrogens with two attached hydrogens (primary N) is 1. The lowest BCUT2D eigenvalue weighted by atomic mass is 10.1. The average Bonchev–Trinajstić information content (AvgIpc) is 2.01. The van der Waals surface area contributed by atoms with Gasteiger partial charge in [0.15, 0.2) is 0 Å². The van der Waals surface area contributed by atoms with Gasteiger partial charge in [-0.15, -0.1) is 0 Å². The second-order valence-electron chi connectivity index (χ2n) is 2.45. The first-order chi connectivity index (χ1) is 6.43. The van der Waals surface area contributed by atoms with Crippen LogP contribution in [-0.4, -0.2) is 11.1 Å². The maximum Gasteiger partial charge on any atom is 0.255 e. The molecule has 0 aromatic heterocycles. The smallest absolute Gasteiger partial charge is 0.255 e. The van der Waals surface area contributed by atoms with Crippen LogP contribution in [0.4, 0.5) is 0 Å². The molecule has 0 aliphatic rings. The summed E-state index contributed by atoms with van der Waals surface area (Å²) in [7, 11) is 0. The molecule has 0 unspecified atom stereocenters. The zero-order chi connectivity index (χ0) is 10.9. The standard InChI is InChI=1S/C8H4Cl3NO2/c9-4-1-3(8(12)14)2-5(10)6(4)7(11)13/h1-2H,(H2,12,14). The highest BCUT2D eigenvalue weighted by Gasteiger charge is 2.15. The monoisotopic (exact) mass is 251 g/mol. The molecule has 1 rings (SSSR count). The van der Waals surface area contributed by atoms with E-state index in [4.69, 9.17) is 40.5 Å². The van der Waals surface area contributed by atoms with E-state index in [-0.39, 0.29) is 21.2 Å². The predicted octanol–water partition coefficient (Wildman–Crippen LogP) is 2.47. The molecule has 0 atom stereocenters. The molecular formula is C8H4Cl3NO2. The Kier molecular flexibility index (Phi) is 3.37. The van der Waals surface area contributed by atoms with Crippen molar-refractivity contribution in [2.24, 2.45) is 5.73 Å². The summed E-state index contributed by atoms with van der Waals surface area (Å²) in [5.74, 6) is -0.678. The van der Waals surface area contributed by atoms with Crippen LogP contribution < -0.4 is 5.73 Å². The van der Waals surface area contributed by atoms with E-state index in [0.717, 1.165) is 0 Å². The third kappa shape index (κ3) is 2.18. The van der Waals surface area contributed by atoms with E-state index in [1.54, 1.807) is 0 Å². The first-order valence-electron chi connectivity index (χ1n) is 3.42. The van der Waals surface area contributed by atoms with Crippen LogP contribution in [0.5, 0.6) is 0 Å². The van der Waals surface area contributed by atoms with Gasteiger partial charge in [0.2, 0.25) is 5.91 Å². The fraction of sp³-hybridized carbons (Fsp3) is 0. The molecule has 1 aromatic carbocycles. The Hall–Kier alpha value is -0.770. The van der Waals surface area contributed by atoms with Gasteiger partial charge < -0.3 is 5.73 Å². The number of rotatable bonds is 2. The van der Waals surface area contributed by atoms with E-state index in [1.807, 2.05) is 0 Å². The van der Waals surface area contributed by atoms with Crippen LogP contribution in [0.25, 0.3) is 0 Å². The number of carbonyl (C=O) groups is 2. The summed E-state index contributed by atoms with van der Waals surface area (Å²) in [6.07, 6.45) is 0. The van der Waals surface area contributed by atoms with E-state index in [0.29, 0.717) is 0 Å².